The molecule has 0 unspecified atom stereocenters. The fourth-order valence-electron chi connectivity index (χ4n) is 0.902. The van der Waals surface area contributed by atoms with E-state index in [1.165, 1.54) is 11.3 Å². The first-order valence-corrected chi connectivity index (χ1v) is 4.77. The zero-order chi connectivity index (χ0) is 9.68. The van der Waals surface area contributed by atoms with Gasteiger partial charge < -0.3 is 5.73 Å². The Morgan fingerprint density at radius 1 is 1.31 bits per heavy atom. The van der Waals surface area contributed by atoms with Crippen molar-refractivity contribution in [2.24, 2.45) is 5.73 Å². The number of hydrogen-bond acceptors (Lipinski definition) is 2. The van der Waals surface area contributed by atoms with Crippen molar-refractivity contribution in [1.29, 1.82) is 0 Å². The Morgan fingerprint density at radius 2 is 2.00 bits per heavy atom. The smallest absolute Gasteiger partial charge is 0.259 e. The second kappa shape index (κ2) is 4.62. The summed E-state index contributed by atoms with van der Waals surface area (Å²) in [4.78, 5) is 11.6. The molecule has 0 spiro atoms. The molecule has 0 radical (unpaired) electrons. The Labute approximate surface area is 81.3 Å². The third-order valence-electron chi connectivity index (χ3n) is 1.53. The zero-order valence-electron chi connectivity index (χ0n) is 7.36. The Bertz CT molecular complexity index is 356. The lowest BCUT2D eigenvalue weighted by atomic mass is 10.2. The molecule has 2 nitrogen and oxygen atoms in total. The van der Waals surface area contributed by atoms with Crippen LogP contribution in [0, 0.1) is 6.92 Å². The third-order valence-corrected chi connectivity index (χ3v) is 2.58. The van der Waals surface area contributed by atoms with E-state index < -0.39 is 0 Å². The van der Waals surface area contributed by atoms with E-state index in [1.807, 2.05) is 42.6 Å². The number of nitrogens with two attached hydrogens (primary N) is 1. The second-order valence-electron chi connectivity index (χ2n) is 2.57. The van der Waals surface area contributed by atoms with Gasteiger partial charge in [-0.1, -0.05) is 30.3 Å². The van der Waals surface area contributed by atoms with E-state index in [-0.39, 0.29) is 5.91 Å². The van der Waals surface area contributed by atoms with Crippen LogP contribution in [0.5, 0.6) is 0 Å². The Hall–Kier alpha value is -1.35. The monoisotopic (exact) mass is 193 g/mol. The first-order chi connectivity index (χ1) is 6.22. The number of carbonyl (C=O) groups excluding carboxylic acids is 1. The highest BCUT2D eigenvalue weighted by atomic mass is 32.1. The van der Waals surface area contributed by atoms with Gasteiger partial charge in [-0.05, 0) is 17.9 Å². The molecule has 0 atom stereocenters. The van der Waals surface area contributed by atoms with Gasteiger partial charge in [-0.3, -0.25) is 4.79 Å². The summed E-state index contributed by atoms with van der Waals surface area (Å²) in [5.74, 6) is -0.376. The number of rotatable bonds is 1. The van der Waals surface area contributed by atoms with Gasteiger partial charge in [-0.2, -0.15) is 0 Å². The van der Waals surface area contributed by atoms with E-state index in [1.54, 1.807) is 0 Å². The second-order valence-corrected chi connectivity index (χ2v) is 3.48. The molecule has 0 fully saturated rings. The summed E-state index contributed by atoms with van der Waals surface area (Å²) in [6.07, 6.45) is 0. The normalized spacial score (nSPS) is 9.00. The van der Waals surface area contributed by atoms with Crippen molar-refractivity contribution in [1.82, 2.24) is 0 Å². The molecular formula is C10H11NOS. The van der Waals surface area contributed by atoms with Gasteiger partial charge in [-0.25, -0.2) is 0 Å². The molecule has 0 bridgehead atoms. The van der Waals surface area contributed by atoms with Crippen LogP contribution in [0.1, 0.15) is 15.2 Å². The van der Waals surface area contributed by atoms with Gasteiger partial charge in [0.15, 0.2) is 0 Å². The summed E-state index contributed by atoms with van der Waals surface area (Å²) < 4.78 is 0. The summed E-state index contributed by atoms with van der Waals surface area (Å²) in [7, 11) is 0. The highest BCUT2D eigenvalue weighted by molar-refractivity contribution is 7.11. The number of aryl methyl sites for hydroxylation is 1. The van der Waals surface area contributed by atoms with E-state index in [0.29, 0.717) is 4.88 Å². The van der Waals surface area contributed by atoms with Gasteiger partial charge >= 0.3 is 0 Å². The lowest BCUT2D eigenvalue weighted by Crippen LogP contribution is -2.10. The lowest BCUT2D eigenvalue weighted by molar-refractivity contribution is 0.100. The predicted molar refractivity (Wildman–Crippen MR) is 55.2 cm³/mol. The maximum Gasteiger partial charge on any atom is 0.259 e. The molecule has 1 heterocycles. The quantitative estimate of drug-likeness (QED) is 0.730. The van der Waals surface area contributed by atoms with E-state index in [4.69, 9.17) is 5.73 Å². The maximum atomic E-state index is 11.0. The van der Waals surface area contributed by atoms with Crippen molar-refractivity contribution in [2.75, 3.05) is 0 Å². The number of primary amides is 1. The molecule has 2 N–H and O–H groups in total. The number of amides is 1. The molecule has 0 saturated heterocycles. The van der Waals surface area contributed by atoms with Crippen LogP contribution in [0.2, 0.25) is 0 Å². The number of hydrogen-bond donors (Lipinski definition) is 1. The fourth-order valence-corrected chi connectivity index (χ4v) is 1.58. The average molecular weight is 193 g/mol. The Morgan fingerprint density at radius 3 is 2.69 bits per heavy atom. The molecule has 1 aromatic rings. The van der Waals surface area contributed by atoms with Crippen LogP contribution in [0.4, 0.5) is 0 Å². The van der Waals surface area contributed by atoms with Crippen molar-refractivity contribution in [3.8, 4) is 0 Å². The van der Waals surface area contributed by atoms with Gasteiger partial charge in [-0.15, -0.1) is 11.3 Å². The molecule has 0 aliphatic carbocycles. The molecule has 3 heteroatoms. The molecule has 1 aromatic heterocycles. The molecule has 0 aliphatic heterocycles. The molecule has 13 heavy (non-hydrogen) atoms. The summed E-state index contributed by atoms with van der Waals surface area (Å²) in [5, 5.41) is 1.84. The standard InChI is InChI=1S/C10H11NOS/c1-8-6-4-2-3-5-7-13-9(8)10(11)12/h2-7H,1H3,(H2,11,12). The van der Waals surface area contributed by atoms with Crippen LogP contribution in [0.15, 0.2) is 35.7 Å². The van der Waals surface area contributed by atoms with E-state index >= 15 is 0 Å². The van der Waals surface area contributed by atoms with Crippen molar-refractivity contribution >= 4 is 17.2 Å². The summed E-state index contributed by atoms with van der Waals surface area (Å²) in [6, 6.07) is 9.44. The van der Waals surface area contributed by atoms with Crippen molar-refractivity contribution in [2.45, 2.75) is 6.92 Å². The Kier molecular flexibility index (Phi) is 3.46. The number of carbonyl (C=O) groups is 1. The van der Waals surface area contributed by atoms with Crippen LogP contribution < -0.4 is 5.73 Å². The summed E-state index contributed by atoms with van der Waals surface area (Å²) in [6.45, 7) is 1.87. The van der Waals surface area contributed by atoms with Crippen molar-refractivity contribution in [3.63, 3.8) is 0 Å². The van der Waals surface area contributed by atoms with Crippen molar-refractivity contribution < 1.29 is 4.79 Å². The van der Waals surface area contributed by atoms with Gasteiger partial charge in [0.25, 0.3) is 5.91 Å². The van der Waals surface area contributed by atoms with Crippen LogP contribution in [-0.2, 0) is 0 Å². The van der Waals surface area contributed by atoms with E-state index in [9.17, 15) is 4.79 Å². The molecular weight excluding hydrogens is 182 g/mol. The van der Waals surface area contributed by atoms with Crippen LogP contribution in [0.25, 0.3) is 0 Å². The first-order valence-electron chi connectivity index (χ1n) is 3.89. The minimum absolute atomic E-state index is 0.376. The van der Waals surface area contributed by atoms with Crippen LogP contribution >= 0.6 is 11.3 Å². The van der Waals surface area contributed by atoms with Gasteiger partial charge in [0, 0.05) is 0 Å². The van der Waals surface area contributed by atoms with E-state index in [0.717, 1.165) is 5.56 Å². The molecule has 0 aromatic carbocycles. The minimum atomic E-state index is -0.376. The lowest BCUT2D eigenvalue weighted by Gasteiger charge is -1.93. The largest absolute Gasteiger partial charge is 0.365 e. The topological polar surface area (TPSA) is 43.1 Å². The van der Waals surface area contributed by atoms with Crippen LogP contribution in [0.3, 0.4) is 0 Å². The molecule has 1 amide bonds. The average Bonchev–Trinajstić information content (AvgIpc) is 2.16. The zero-order valence-corrected chi connectivity index (χ0v) is 8.17. The van der Waals surface area contributed by atoms with E-state index in [2.05, 4.69) is 0 Å². The van der Waals surface area contributed by atoms with Crippen molar-refractivity contribution in [3.05, 3.63) is 46.2 Å². The third kappa shape index (κ3) is 2.87. The summed E-state index contributed by atoms with van der Waals surface area (Å²) in [5.41, 5.74) is 6.12. The summed E-state index contributed by atoms with van der Waals surface area (Å²) >= 11 is 1.35. The maximum absolute atomic E-state index is 11.0. The highest BCUT2D eigenvalue weighted by Gasteiger charge is 2.00. The van der Waals surface area contributed by atoms with Gasteiger partial charge in [0.1, 0.15) is 0 Å². The minimum Gasteiger partial charge on any atom is -0.365 e. The van der Waals surface area contributed by atoms with Crippen LogP contribution in [-0.4, -0.2) is 5.91 Å². The highest BCUT2D eigenvalue weighted by Crippen LogP contribution is 2.08. The van der Waals surface area contributed by atoms with Gasteiger partial charge in [0.05, 0.1) is 4.88 Å². The first kappa shape index (κ1) is 9.74. The van der Waals surface area contributed by atoms with Gasteiger partial charge in [0.2, 0.25) is 0 Å². The SMILES string of the molecule is Cc1ccccccsc1C(N)=O. The molecule has 68 valence electrons. The molecule has 1 rings (SSSR count). The Balaban J connectivity index is 3.37. The predicted octanol–water partition coefficient (Wildman–Crippen LogP) is 2.28. The molecule has 0 saturated carbocycles. The molecule has 0 aliphatic rings. The fraction of sp³-hybridized carbons (Fsp3) is 0.100.